The summed E-state index contributed by atoms with van der Waals surface area (Å²) in [4.78, 5) is 43.6. The Kier molecular flexibility index (Phi) is 7.02. The number of nitrogens with one attached hydrogen (secondary N) is 2. The molecule has 2 N–H and O–H groups in total. The van der Waals surface area contributed by atoms with Crippen molar-refractivity contribution < 1.29 is 14.4 Å². The van der Waals surface area contributed by atoms with Gasteiger partial charge in [-0.25, -0.2) is 4.98 Å². The van der Waals surface area contributed by atoms with Crippen LogP contribution in [0, 0.1) is 0 Å². The number of likely N-dealkylation sites (tertiary alicyclic amines) is 1. The second kappa shape index (κ2) is 10.1. The molecular weight excluding hydrogens is 448 g/mol. The fourth-order valence-corrected chi connectivity index (χ4v) is 4.85. The van der Waals surface area contributed by atoms with Gasteiger partial charge in [0.05, 0.1) is 10.7 Å². The van der Waals surface area contributed by atoms with Gasteiger partial charge in [0.15, 0.2) is 0 Å². The van der Waals surface area contributed by atoms with Gasteiger partial charge in [0, 0.05) is 42.2 Å². The number of carbonyl (C=O) groups excluding carboxylic acids is 3. The SMILES string of the molecule is O=C(CCCCN1CCCC1=O)Nc1c(C(=O)Nc2ccc(Cl)cn2)sc2ccccc12. The highest BCUT2D eigenvalue weighted by molar-refractivity contribution is 7.21. The van der Waals surface area contributed by atoms with Gasteiger partial charge in [0.25, 0.3) is 5.91 Å². The van der Waals surface area contributed by atoms with Gasteiger partial charge < -0.3 is 15.5 Å². The molecule has 32 heavy (non-hydrogen) atoms. The molecule has 7 nitrogen and oxygen atoms in total. The fourth-order valence-electron chi connectivity index (χ4n) is 3.68. The zero-order valence-electron chi connectivity index (χ0n) is 17.4. The molecule has 0 spiro atoms. The van der Waals surface area contributed by atoms with Crippen LogP contribution in [0.5, 0.6) is 0 Å². The van der Waals surface area contributed by atoms with Crippen LogP contribution in [0.2, 0.25) is 5.02 Å². The molecule has 1 saturated heterocycles. The van der Waals surface area contributed by atoms with E-state index in [-0.39, 0.29) is 17.7 Å². The predicted octanol–water partition coefficient (Wildman–Crippen LogP) is 4.93. The summed E-state index contributed by atoms with van der Waals surface area (Å²) in [5, 5.41) is 7.00. The molecule has 0 saturated carbocycles. The highest BCUT2D eigenvalue weighted by atomic mass is 35.5. The Balaban J connectivity index is 1.42. The Morgan fingerprint density at radius 2 is 1.97 bits per heavy atom. The number of unbranched alkanes of at least 4 members (excludes halogenated alkanes) is 1. The number of pyridine rings is 1. The summed E-state index contributed by atoms with van der Waals surface area (Å²) in [6, 6.07) is 10.8. The van der Waals surface area contributed by atoms with Gasteiger partial charge in [0.1, 0.15) is 10.7 Å². The summed E-state index contributed by atoms with van der Waals surface area (Å²) in [6.45, 7) is 1.50. The third-order valence-corrected chi connectivity index (χ3v) is 6.68. The van der Waals surface area contributed by atoms with Gasteiger partial charge in [-0.1, -0.05) is 29.8 Å². The molecule has 3 amide bonds. The molecule has 1 aliphatic rings. The van der Waals surface area contributed by atoms with Crippen molar-refractivity contribution in [2.45, 2.75) is 32.1 Å². The lowest BCUT2D eigenvalue weighted by Crippen LogP contribution is -2.25. The summed E-state index contributed by atoms with van der Waals surface area (Å²) >= 11 is 7.17. The van der Waals surface area contributed by atoms with E-state index in [4.69, 9.17) is 11.6 Å². The normalized spacial score (nSPS) is 13.5. The van der Waals surface area contributed by atoms with Crippen LogP contribution in [0.1, 0.15) is 41.8 Å². The highest BCUT2D eigenvalue weighted by Gasteiger charge is 2.21. The summed E-state index contributed by atoms with van der Waals surface area (Å²) < 4.78 is 0.907. The van der Waals surface area contributed by atoms with Gasteiger partial charge in [-0.2, -0.15) is 0 Å². The Morgan fingerprint density at radius 3 is 2.72 bits per heavy atom. The number of halogens is 1. The Hall–Kier alpha value is -2.97. The number of carbonyl (C=O) groups is 3. The molecule has 3 heterocycles. The second-order valence-corrected chi connectivity index (χ2v) is 9.10. The van der Waals surface area contributed by atoms with E-state index in [1.165, 1.54) is 17.5 Å². The average molecular weight is 471 g/mol. The van der Waals surface area contributed by atoms with E-state index < -0.39 is 0 Å². The van der Waals surface area contributed by atoms with Crippen LogP contribution in [-0.2, 0) is 9.59 Å². The lowest BCUT2D eigenvalue weighted by Gasteiger charge is -2.14. The first-order chi connectivity index (χ1) is 15.5. The number of hydrogen-bond donors (Lipinski definition) is 2. The number of fused-ring (bicyclic) bond motifs is 1. The maximum Gasteiger partial charge on any atom is 0.269 e. The standard InChI is InChI=1S/C23H23ClN4O3S/c24-15-10-11-18(25-14-15)26-23(31)22-21(16-6-1-2-7-17(16)32-22)27-19(29)8-3-4-12-28-13-5-9-20(28)30/h1-2,6-7,10-11,14H,3-5,8-9,12-13H2,(H,27,29)(H,25,26,31). The first-order valence-electron chi connectivity index (χ1n) is 10.5. The van der Waals surface area contributed by atoms with E-state index >= 15 is 0 Å². The molecule has 166 valence electrons. The van der Waals surface area contributed by atoms with Crippen molar-refractivity contribution >= 4 is 62.3 Å². The van der Waals surface area contributed by atoms with E-state index in [0.29, 0.717) is 47.2 Å². The molecule has 0 unspecified atom stereocenters. The van der Waals surface area contributed by atoms with Crippen molar-refractivity contribution in [1.29, 1.82) is 0 Å². The molecule has 1 aliphatic heterocycles. The predicted molar refractivity (Wildman–Crippen MR) is 127 cm³/mol. The molecule has 3 aromatic rings. The first-order valence-corrected chi connectivity index (χ1v) is 11.7. The van der Waals surface area contributed by atoms with Crippen molar-refractivity contribution in [3.63, 3.8) is 0 Å². The zero-order chi connectivity index (χ0) is 22.5. The first kappa shape index (κ1) is 22.2. The Morgan fingerprint density at radius 1 is 1.12 bits per heavy atom. The lowest BCUT2D eigenvalue weighted by atomic mass is 10.2. The van der Waals surface area contributed by atoms with Crippen LogP contribution in [0.4, 0.5) is 11.5 Å². The number of thiophene rings is 1. The van der Waals surface area contributed by atoms with Gasteiger partial charge in [0.2, 0.25) is 11.8 Å². The Bertz CT molecular complexity index is 1150. The highest BCUT2D eigenvalue weighted by Crippen LogP contribution is 2.36. The van der Waals surface area contributed by atoms with Gasteiger partial charge in [-0.3, -0.25) is 14.4 Å². The number of benzene rings is 1. The van der Waals surface area contributed by atoms with E-state index in [9.17, 15) is 14.4 Å². The quantitative estimate of drug-likeness (QED) is 0.456. The summed E-state index contributed by atoms with van der Waals surface area (Å²) in [7, 11) is 0. The van der Waals surface area contributed by atoms with Crippen molar-refractivity contribution in [2.24, 2.45) is 0 Å². The van der Waals surface area contributed by atoms with Crippen molar-refractivity contribution in [3.05, 3.63) is 52.5 Å². The molecular formula is C23H23ClN4O3S. The van der Waals surface area contributed by atoms with Gasteiger partial charge in [-0.05, 0) is 37.5 Å². The van der Waals surface area contributed by atoms with E-state index in [1.807, 2.05) is 29.2 Å². The summed E-state index contributed by atoms with van der Waals surface area (Å²) in [5.41, 5.74) is 0.511. The minimum absolute atomic E-state index is 0.153. The fraction of sp³-hybridized carbons (Fsp3) is 0.304. The molecule has 2 aromatic heterocycles. The number of hydrogen-bond acceptors (Lipinski definition) is 5. The van der Waals surface area contributed by atoms with Gasteiger partial charge in [-0.15, -0.1) is 11.3 Å². The molecule has 0 bridgehead atoms. The number of aromatic nitrogens is 1. The minimum atomic E-state index is -0.344. The third kappa shape index (κ3) is 5.26. The van der Waals surface area contributed by atoms with Crippen LogP contribution >= 0.6 is 22.9 Å². The van der Waals surface area contributed by atoms with Crippen molar-refractivity contribution in [1.82, 2.24) is 9.88 Å². The number of nitrogens with zero attached hydrogens (tertiary/aromatic N) is 2. The molecule has 9 heteroatoms. The summed E-state index contributed by atoms with van der Waals surface area (Å²) in [6.07, 6.45) is 4.78. The van der Waals surface area contributed by atoms with E-state index in [1.54, 1.807) is 12.1 Å². The molecule has 4 rings (SSSR count). The third-order valence-electron chi connectivity index (χ3n) is 5.29. The lowest BCUT2D eigenvalue weighted by molar-refractivity contribution is -0.127. The number of anilines is 2. The molecule has 0 aliphatic carbocycles. The smallest absolute Gasteiger partial charge is 0.269 e. The van der Waals surface area contributed by atoms with E-state index in [0.717, 1.165) is 29.5 Å². The number of amides is 3. The van der Waals surface area contributed by atoms with Crippen LogP contribution in [0.3, 0.4) is 0 Å². The van der Waals surface area contributed by atoms with E-state index in [2.05, 4.69) is 15.6 Å². The van der Waals surface area contributed by atoms with Crippen molar-refractivity contribution in [2.75, 3.05) is 23.7 Å². The minimum Gasteiger partial charge on any atom is -0.343 e. The second-order valence-electron chi connectivity index (χ2n) is 7.61. The monoisotopic (exact) mass is 470 g/mol. The molecule has 1 fully saturated rings. The van der Waals surface area contributed by atoms with Crippen LogP contribution in [-0.4, -0.2) is 40.7 Å². The maximum absolute atomic E-state index is 12.9. The van der Waals surface area contributed by atoms with Crippen LogP contribution in [0.15, 0.2) is 42.6 Å². The molecule has 0 atom stereocenters. The molecule has 0 radical (unpaired) electrons. The maximum atomic E-state index is 12.9. The van der Waals surface area contributed by atoms with Crippen molar-refractivity contribution in [3.8, 4) is 0 Å². The summed E-state index contributed by atoms with van der Waals surface area (Å²) in [5.74, 6) is 0.0828. The topological polar surface area (TPSA) is 91.4 Å². The Labute approximate surface area is 194 Å². The van der Waals surface area contributed by atoms with Crippen LogP contribution < -0.4 is 10.6 Å². The average Bonchev–Trinajstić information content (AvgIpc) is 3.36. The van der Waals surface area contributed by atoms with Gasteiger partial charge >= 0.3 is 0 Å². The van der Waals surface area contributed by atoms with Crippen LogP contribution in [0.25, 0.3) is 10.1 Å². The molecule has 1 aromatic carbocycles. The zero-order valence-corrected chi connectivity index (χ0v) is 19.0. The number of rotatable bonds is 8. The largest absolute Gasteiger partial charge is 0.343 e.